The summed E-state index contributed by atoms with van der Waals surface area (Å²) < 4.78 is 0.157. The number of hydrogen-bond acceptors (Lipinski definition) is 5. The number of nitrogens with two attached hydrogens (primary N) is 2. The molecule has 0 bridgehead atoms. The van der Waals surface area contributed by atoms with Crippen LogP contribution >= 0.6 is 48.0 Å². The smallest absolute Gasteiger partial charge is 0.132 e. The molecule has 3 nitrogen and oxygen atoms in total. The summed E-state index contributed by atoms with van der Waals surface area (Å²) in [5.41, 5.74) is 14.0. The Balaban J connectivity index is 2.96. The average Bonchev–Trinajstić information content (AvgIpc) is 2.71. The Morgan fingerprint density at radius 1 is 0.828 bits per heavy atom. The molecule has 0 saturated carbocycles. The second-order valence-electron chi connectivity index (χ2n) is 7.11. The molecule has 2 aromatic rings. The lowest BCUT2D eigenvalue weighted by Gasteiger charge is -2.37. The minimum absolute atomic E-state index is 0.269. The van der Waals surface area contributed by atoms with E-state index in [-0.39, 0.29) is 4.75 Å². The minimum Gasteiger partial charge on any atom is -0.507 e. The standard InChI is InChI=1S/C22H30N2OS4/c1-5-21(6-2,28-19(23)26)16-13-17(22(7-3,8-4)29-20(24)27)18(25)15-12-10-9-11-14(15)16/h9-13,25H,5-8H2,1-4H3,(H2,23,26)(H2,24,27). The van der Waals surface area contributed by atoms with E-state index in [4.69, 9.17) is 35.9 Å². The van der Waals surface area contributed by atoms with Crippen molar-refractivity contribution >= 4 is 67.4 Å². The van der Waals surface area contributed by atoms with E-state index in [0.29, 0.717) is 14.4 Å². The van der Waals surface area contributed by atoms with Crippen LogP contribution in [0.15, 0.2) is 30.3 Å². The van der Waals surface area contributed by atoms with Gasteiger partial charge < -0.3 is 16.6 Å². The maximum Gasteiger partial charge on any atom is 0.132 e. The maximum absolute atomic E-state index is 11.3. The molecule has 2 aromatic carbocycles. The fourth-order valence-corrected chi connectivity index (χ4v) is 6.98. The Hall–Kier alpha value is -1.02. The van der Waals surface area contributed by atoms with Gasteiger partial charge in [0.1, 0.15) is 14.4 Å². The van der Waals surface area contributed by atoms with Crippen LogP contribution in [-0.2, 0) is 9.49 Å². The first-order valence-electron chi connectivity index (χ1n) is 9.92. The van der Waals surface area contributed by atoms with Crippen LogP contribution in [0.2, 0.25) is 0 Å². The van der Waals surface area contributed by atoms with Crippen LogP contribution in [0.3, 0.4) is 0 Å². The lowest BCUT2D eigenvalue weighted by atomic mass is 9.82. The van der Waals surface area contributed by atoms with Gasteiger partial charge in [-0.3, -0.25) is 0 Å². The van der Waals surface area contributed by atoms with Gasteiger partial charge in [0, 0.05) is 15.7 Å². The molecule has 158 valence electrons. The topological polar surface area (TPSA) is 72.3 Å². The molecule has 0 saturated heterocycles. The number of phenolic OH excluding ortho intramolecular Hbond substituents is 1. The highest BCUT2D eigenvalue weighted by atomic mass is 32.2. The minimum atomic E-state index is -0.393. The fraction of sp³-hybridized carbons (Fsp3) is 0.455. The zero-order valence-electron chi connectivity index (χ0n) is 17.5. The van der Waals surface area contributed by atoms with Gasteiger partial charge in [0.15, 0.2) is 0 Å². The van der Waals surface area contributed by atoms with Gasteiger partial charge in [-0.05, 0) is 42.7 Å². The quantitative estimate of drug-likeness (QED) is 0.382. The van der Waals surface area contributed by atoms with Crippen LogP contribution in [0.4, 0.5) is 0 Å². The highest BCUT2D eigenvalue weighted by molar-refractivity contribution is 8.23. The van der Waals surface area contributed by atoms with Gasteiger partial charge in [0.05, 0.1) is 4.75 Å². The molecule has 0 atom stereocenters. The highest BCUT2D eigenvalue weighted by Crippen LogP contribution is 2.53. The SMILES string of the molecule is CCC(CC)(SC(N)=S)c1cc(C(CC)(CC)SC(N)=S)c2ccccc2c1O. The van der Waals surface area contributed by atoms with E-state index < -0.39 is 4.75 Å². The van der Waals surface area contributed by atoms with Crippen molar-refractivity contribution in [2.45, 2.75) is 62.9 Å². The summed E-state index contributed by atoms with van der Waals surface area (Å²) in [6.07, 6.45) is 3.33. The largest absolute Gasteiger partial charge is 0.507 e. The first-order valence-corrected chi connectivity index (χ1v) is 12.4. The van der Waals surface area contributed by atoms with Crippen molar-refractivity contribution in [2.75, 3.05) is 0 Å². The van der Waals surface area contributed by atoms with Crippen molar-refractivity contribution < 1.29 is 5.11 Å². The van der Waals surface area contributed by atoms with E-state index in [1.165, 1.54) is 23.5 Å². The van der Waals surface area contributed by atoms with Crippen LogP contribution in [-0.4, -0.2) is 13.7 Å². The normalized spacial score (nSPS) is 12.3. The van der Waals surface area contributed by atoms with E-state index in [0.717, 1.165) is 47.6 Å². The van der Waals surface area contributed by atoms with E-state index in [1.807, 2.05) is 18.2 Å². The molecule has 0 amide bonds. The molecule has 0 fully saturated rings. The van der Waals surface area contributed by atoms with Crippen LogP contribution in [0, 0.1) is 0 Å². The Morgan fingerprint density at radius 2 is 1.24 bits per heavy atom. The summed E-state index contributed by atoms with van der Waals surface area (Å²) in [6.45, 7) is 8.54. The van der Waals surface area contributed by atoms with E-state index in [2.05, 4.69) is 39.8 Å². The second kappa shape index (κ2) is 9.86. The monoisotopic (exact) mass is 466 g/mol. The predicted octanol–water partition coefficient (Wildman–Crippen LogP) is 6.53. The highest BCUT2D eigenvalue weighted by Gasteiger charge is 2.38. The number of thioether (sulfide) groups is 2. The van der Waals surface area contributed by atoms with Gasteiger partial charge >= 0.3 is 0 Å². The number of aromatic hydroxyl groups is 1. The molecular weight excluding hydrogens is 437 g/mol. The molecule has 0 aliphatic heterocycles. The van der Waals surface area contributed by atoms with Gasteiger partial charge in [-0.1, -0.05) is 99.9 Å². The molecule has 0 unspecified atom stereocenters. The van der Waals surface area contributed by atoms with E-state index >= 15 is 0 Å². The van der Waals surface area contributed by atoms with E-state index in [9.17, 15) is 5.11 Å². The van der Waals surface area contributed by atoms with Crippen molar-refractivity contribution in [1.82, 2.24) is 0 Å². The summed E-state index contributed by atoms with van der Waals surface area (Å²) in [6, 6.07) is 10.1. The summed E-state index contributed by atoms with van der Waals surface area (Å²) >= 11 is 13.5. The average molecular weight is 467 g/mol. The third-order valence-corrected chi connectivity index (χ3v) is 9.15. The Labute approximate surface area is 193 Å². The molecule has 0 aliphatic carbocycles. The Bertz CT molecular complexity index is 905. The third kappa shape index (κ3) is 4.68. The van der Waals surface area contributed by atoms with Crippen LogP contribution < -0.4 is 11.5 Å². The molecule has 0 aliphatic rings. The molecule has 0 radical (unpaired) electrons. The third-order valence-electron chi connectivity index (χ3n) is 5.87. The zero-order valence-corrected chi connectivity index (χ0v) is 20.7. The van der Waals surface area contributed by atoms with Crippen molar-refractivity contribution in [3.63, 3.8) is 0 Å². The zero-order chi connectivity index (χ0) is 21.8. The van der Waals surface area contributed by atoms with Crippen LogP contribution in [0.1, 0.15) is 64.5 Å². The molecule has 0 spiro atoms. The summed E-state index contributed by atoms with van der Waals surface area (Å²) in [4.78, 5) is 0. The van der Waals surface area contributed by atoms with E-state index in [1.54, 1.807) is 0 Å². The van der Waals surface area contributed by atoms with Crippen molar-refractivity contribution in [3.8, 4) is 5.75 Å². The molecule has 0 heterocycles. The molecule has 0 aromatic heterocycles. The van der Waals surface area contributed by atoms with Crippen molar-refractivity contribution in [2.24, 2.45) is 11.5 Å². The molecule has 5 N–H and O–H groups in total. The first-order chi connectivity index (χ1) is 13.7. The lowest BCUT2D eigenvalue weighted by molar-refractivity contribution is 0.454. The number of thiocarbonyl (C=S) groups is 2. The number of fused-ring (bicyclic) bond motifs is 1. The number of hydrogen-bond donors (Lipinski definition) is 3. The second-order valence-corrected chi connectivity index (χ2v) is 11.4. The van der Waals surface area contributed by atoms with Crippen molar-refractivity contribution in [3.05, 3.63) is 41.5 Å². The molecular formula is C22H30N2OS4. The van der Waals surface area contributed by atoms with Crippen molar-refractivity contribution in [1.29, 1.82) is 0 Å². The molecule has 2 rings (SSSR count). The maximum atomic E-state index is 11.3. The Morgan fingerprint density at radius 3 is 1.66 bits per heavy atom. The van der Waals surface area contributed by atoms with Crippen LogP contribution in [0.5, 0.6) is 5.75 Å². The van der Waals surface area contributed by atoms with Gasteiger partial charge in [-0.25, -0.2) is 0 Å². The summed E-state index contributed by atoms with van der Waals surface area (Å²) in [5, 5.41) is 13.2. The van der Waals surface area contributed by atoms with Gasteiger partial charge in [0.25, 0.3) is 0 Å². The van der Waals surface area contributed by atoms with Gasteiger partial charge in [-0.2, -0.15) is 0 Å². The predicted molar refractivity (Wildman–Crippen MR) is 139 cm³/mol. The number of rotatable bonds is 8. The first kappa shape index (κ1) is 24.3. The van der Waals surface area contributed by atoms with Crippen LogP contribution in [0.25, 0.3) is 10.8 Å². The summed E-state index contributed by atoms with van der Waals surface area (Å²) in [5.74, 6) is 0.304. The van der Waals surface area contributed by atoms with Gasteiger partial charge in [0.2, 0.25) is 0 Å². The summed E-state index contributed by atoms with van der Waals surface area (Å²) in [7, 11) is 0. The fourth-order valence-electron chi connectivity index (χ4n) is 4.13. The molecule has 29 heavy (non-hydrogen) atoms. The number of benzene rings is 2. The lowest BCUT2D eigenvalue weighted by Crippen LogP contribution is -2.28. The molecule has 7 heteroatoms. The Kier molecular flexibility index (Phi) is 8.24. The number of phenols is 1. The van der Waals surface area contributed by atoms with Gasteiger partial charge in [-0.15, -0.1) is 0 Å².